The quantitative estimate of drug-likeness (QED) is 0.838. The number of nitrogens with one attached hydrogen (secondary N) is 1. The molecule has 0 bridgehead atoms. The summed E-state index contributed by atoms with van der Waals surface area (Å²) in [6.07, 6.45) is 2.04. The molecule has 0 aliphatic carbocycles. The molecule has 118 valence electrons. The van der Waals surface area contributed by atoms with Crippen LogP contribution in [0.4, 0.5) is 0 Å². The van der Waals surface area contributed by atoms with Gasteiger partial charge in [0, 0.05) is 0 Å². The van der Waals surface area contributed by atoms with Crippen LogP contribution in [0.1, 0.15) is 44.4 Å². The van der Waals surface area contributed by atoms with E-state index in [-0.39, 0.29) is 6.04 Å². The SMILES string of the molecule is CCCNC1COCCc2cc(OCC)c(OCC)cc21. The van der Waals surface area contributed by atoms with Crippen molar-refractivity contribution in [3.8, 4) is 11.5 Å². The molecular weight excluding hydrogens is 266 g/mol. The fourth-order valence-electron chi connectivity index (χ4n) is 2.66. The highest BCUT2D eigenvalue weighted by atomic mass is 16.5. The van der Waals surface area contributed by atoms with Crippen LogP contribution in [0, 0.1) is 0 Å². The van der Waals surface area contributed by atoms with Gasteiger partial charge in [-0.1, -0.05) is 6.92 Å². The van der Waals surface area contributed by atoms with Gasteiger partial charge in [-0.05, 0) is 56.5 Å². The Labute approximate surface area is 127 Å². The average Bonchev–Trinajstić information content (AvgIpc) is 2.68. The van der Waals surface area contributed by atoms with Gasteiger partial charge < -0.3 is 19.5 Å². The molecule has 4 heteroatoms. The molecule has 1 unspecified atom stereocenters. The van der Waals surface area contributed by atoms with Crippen LogP contribution < -0.4 is 14.8 Å². The molecule has 1 heterocycles. The van der Waals surface area contributed by atoms with Gasteiger partial charge in [-0.25, -0.2) is 0 Å². The van der Waals surface area contributed by atoms with Crippen molar-refractivity contribution in [1.82, 2.24) is 5.32 Å². The predicted molar refractivity (Wildman–Crippen MR) is 84.3 cm³/mol. The maximum absolute atomic E-state index is 5.76. The number of benzene rings is 1. The van der Waals surface area contributed by atoms with Gasteiger partial charge in [-0.15, -0.1) is 0 Å². The minimum Gasteiger partial charge on any atom is -0.490 e. The van der Waals surface area contributed by atoms with Crippen LogP contribution in [-0.2, 0) is 11.2 Å². The lowest BCUT2D eigenvalue weighted by atomic mass is 9.98. The Morgan fingerprint density at radius 1 is 1.14 bits per heavy atom. The number of fused-ring (bicyclic) bond motifs is 1. The second kappa shape index (κ2) is 8.25. The maximum atomic E-state index is 5.76. The van der Waals surface area contributed by atoms with Gasteiger partial charge in [0.05, 0.1) is 32.5 Å². The lowest BCUT2D eigenvalue weighted by Crippen LogP contribution is -2.26. The molecule has 0 saturated carbocycles. The Balaban J connectivity index is 2.34. The van der Waals surface area contributed by atoms with Crippen LogP contribution in [0.3, 0.4) is 0 Å². The van der Waals surface area contributed by atoms with Crippen molar-refractivity contribution in [2.75, 3.05) is 33.0 Å². The zero-order valence-electron chi connectivity index (χ0n) is 13.4. The highest BCUT2D eigenvalue weighted by molar-refractivity contribution is 5.49. The molecule has 0 aromatic heterocycles. The summed E-state index contributed by atoms with van der Waals surface area (Å²) >= 11 is 0. The van der Waals surface area contributed by atoms with Crippen LogP contribution in [0.25, 0.3) is 0 Å². The van der Waals surface area contributed by atoms with E-state index in [1.165, 1.54) is 11.1 Å². The fraction of sp³-hybridized carbons (Fsp3) is 0.647. The predicted octanol–water partition coefficient (Wildman–Crippen LogP) is 3.10. The summed E-state index contributed by atoms with van der Waals surface area (Å²) in [5.41, 5.74) is 2.58. The lowest BCUT2D eigenvalue weighted by molar-refractivity contribution is 0.121. The highest BCUT2D eigenvalue weighted by Gasteiger charge is 2.21. The van der Waals surface area contributed by atoms with Gasteiger partial charge in [0.2, 0.25) is 0 Å². The maximum Gasteiger partial charge on any atom is 0.161 e. The van der Waals surface area contributed by atoms with E-state index in [0.29, 0.717) is 19.8 Å². The second-order valence-corrected chi connectivity index (χ2v) is 5.20. The normalized spacial score (nSPS) is 18.0. The van der Waals surface area contributed by atoms with Crippen molar-refractivity contribution in [2.45, 2.75) is 39.7 Å². The van der Waals surface area contributed by atoms with E-state index in [9.17, 15) is 0 Å². The molecule has 0 radical (unpaired) electrons. The van der Waals surface area contributed by atoms with Crippen molar-refractivity contribution in [3.63, 3.8) is 0 Å². The second-order valence-electron chi connectivity index (χ2n) is 5.20. The molecule has 0 amide bonds. The van der Waals surface area contributed by atoms with Gasteiger partial charge >= 0.3 is 0 Å². The average molecular weight is 293 g/mol. The smallest absolute Gasteiger partial charge is 0.161 e. The molecule has 0 spiro atoms. The molecule has 0 saturated heterocycles. The van der Waals surface area contributed by atoms with E-state index in [1.54, 1.807) is 0 Å². The fourth-order valence-corrected chi connectivity index (χ4v) is 2.66. The largest absolute Gasteiger partial charge is 0.490 e. The summed E-state index contributed by atoms with van der Waals surface area (Å²) in [5, 5.41) is 3.57. The summed E-state index contributed by atoms with van der Waals surface area (Å²) in [5.74, 6) is 1.68. The summed E-state index contributed by atoms with van der Waals surface area (Å²) in [6, 6.07) is 4.49. The zero-order valence-corrected chi connectivity index (χ0v) is 13.4. The van der Waals surface area contributed by atoms with E-state index in [4.69, 9.17) is 14.2 Å². The van der Waals surface area contributed by atoms with Gasteiger partial charge in [0.1, 0.15) is 0 Å². The third-order valence-corrected chi connectivity index (χ3v) is 3.62. The van der Waals surface area contributed by atoms with Gasteiger partial charge in [0.25, 0.3) is 0 Å². The summed E-state index contributed by atoms with van der Waals surface area (Å²) in [6.45, 7) is 9.92. The number of hydrogen-bond donors (Lipinski definition) is 1. The van der Waals surface area contributed by atoms with E-state index >= 15 is 0 Å². The Hall–Kier alpha value is -1.26. The first kappa shape index (κ1) is 16.1. The molecule has 1 aromatic rings. The third-order valence-electron chi connectivity index (χ3n) is 3.62. The molecular formula is C17H27NO3. The Morgan fingerprint density at radius 3 is 2.52 bits per heavy atom. The zero-order chi connectivity index (χ0) is 15.1. The van der Waals surface area contributed by atoms with E-state index in [2.05, 4.69) is 24.4 Å². The molecule has 21 heavy (non-hydrogen) atoms. The summed E-state index contributed by atoms with van der Waals surface area (Å²) in [7, 11) is 0. The van der Waals surface area contributed by atoms with Crippen molar-refractivity contribution >= 4 is 0 Å². The molecule has 1 aliphatic rings. The highest BCUT2D eigenvalue weighted by Crippen LogP contribution is 2.35. The van der Waals surface area contributed by atoms with Crippen LogP contribution in [0.5, 0.6) is 11.5 Å². The molecule has 0 fully saturated rings. The number of hydrogen-bond acceptors (Lipinski definition) is 4. The van der Waals surface area contributed by atoms with Crippen molar-refractivity contribution in [1.29, 1.82) is 0 Å². The molecule has 1 aromatic carbocycles. The first-order valence-electron chi connectivity index (χ1n) is 8.03. The molecule has 2 rings (SSSR count). The standard InChI is InChI=1S/C17H27NO3/c1-4-8-18-15-12-19-9-7-13-10-16(20-5-2)17(21-6-3)11-14(13)15/h10-11,15,18H,4-9,12H2,1-3H3. The molecule has 1 atom stereocenters. The van der Waals surface area contributed by atoms with Gasteiger partial charge in [-0.3, -0.25) is 0 Å². The summed E-state index contributed by atoms with van der Waals surface area (Å²) < 4.78 is 17.2. The Morgan fingerprint density at radius 2 is 1.86 bits per heavy atom. The van der Waals surface area contributed by atoms with Gasteiger partial charge in [-0.2, -0.15) is 0 Å². The van der Waals surface area contributed by atoms with Crippen LogP contribution in [0.2, 0.25) is 0 Å². The number of ether oxygens (including phenoxy) is 3. The Kier molecular flexibility index (Phi) is 6.33. The molecule has 1 N–H and O–H groups in total. The lowest BCUT2D eigenvalue weighted by Gasteiger charge is -2.21. The minimum absolute atomic E-state index is 0.234. The van der Waals surface area contributed by atoms with E-state index < -0.39 is 0 Å². The number of rotatable bonds is 7. The Bertz CT molecular complexity index is 448. The topological polar surface area (TPSA) is 39.7 Å². The van der Waals surface area contributed by atoms with Crippen LogP contribution in [-0.4, -0.2) is 33.0 Å². The van der Waals surface area contributed by atoms with Crippen molar-refractivity contribution in [2.24, 2.45) is 0 Å². The summed E-state index contributed by atoms with van der Waals surface area (Å²) in [4.78, 5) is 0. The van der Waals surface area contributed by atoms with Crippen LogP contribution >= 0.6 is 0 Å². The monoisotopic (exact) mass is 293 g/mol. The molecule has 4 nitrogen and oxygen atoms in total. The minimum atomic E-state index is 0.234. The first-order chi connectivity index (χ1) is 10.3. The van der Waals surface area contributed by atoms with Crippen molar-refractivity contribution < 1.29 is 14.2 Å². The van der Waals surface area contributed by atoms with Crippen molar-refractivity contribution in [3.05, 3.63) is 23.3 Å². The third kappa shape index (κ3) is 4.11. The first-order valence-corrected chi connectivity index (χ1v) is 8.03. The van der Waals surface area contributed by atoms with E-state index in [1.807, 2.05) is 13.8 Å². The van der Waals surface area contributed by atoms with Gasteiger partial charge in [0.15, 0.2) is 11.5 Å². The van der Waals surface area contributed by atoms with Crippen LogP contribution in [0.15, 0.2) is 12.1 Å². The molecule has 1 aliphatic heterocycles. The van der Waals surface area contributed by atoms with E-state index in [0.717, 1.165) is 37.5 Å².